The molecule has 14 heavy (non-hydrogen) atoms. The largest absolute Gasteiger partial charge is 0.345 e. The lowest BCUT2D eigenvalue weighted by Crippen LogP contribution is -2.54. The maximum atomic E-state index is 11.4. The molecule has 1 atom stereocenters. The molecule has 2 saturated heterocycles. The number of nitrogens with one attached hydrogen (secondary N) is 2. The van der Waals surface area contributed by atoms with Crippen molar-refractivity contribution in [3.63, 3.8) is 0 Å². The predicted octanol–water partition coefficient (Wildman–Crippen LogP) is -1.30. The summed E-state index contributed by atoms with van der Waals surface area (Å²) in [7, 11) is 0. The zero-order valence-corrected chi connectivity index (χ0v) is 8.08. The van der Waals surface area contributed by atoms with Crippen LogP contribution in [0, 0.1) is 0 Å². The molecule has 2 N–H and O–H groups in total. The molecule has 2 heterocycles. The highest BCUT2D eigenvalue weighted by molar-refractivity contribution is 5.92. The Morgan fingerprint density at radius 1 is 1.43 bits per heavy atom. The van der Waals surface area contributed by atoms with E-state index in [-0.39, 0.29) is 24.9 Å². The van der Waals surface area contributed by atoms with Crippen molar-refractivity contribution in [1.29, 1.82) is 0 Å². The van der Waals surface area contributed by atoms with Crippen LogP contribution in [0.4, 0.5) is 0 Å². The van der Waals surface area contributed by atoms with E-state index in [9.17, 15) is 9.59 Å². The first-order chi connectivity index (χ1) is 6.75. The first kappa shape index (κ1) is 9.45. The second kappa shape index (κ2) is 3.96. The molecule has 2 rings (SSSR count). The summed E-state index contributed by atoms with van der Waals surface area (Å²) >= 11 is 0. The number of hydrogen-bond acceptors (Lipinski definition) is 3. The third-order valence-electron chi connectivity index (χ3n) is 2.73. The van der Waals surface area contributed by atoms with Crippen LogP contribution in [0.25, 0.3) is 0 Å². The highest BCUT2D eigenvalue weighted by Gasteiger charge is 2.26. The maximum absolute atomic E-state index is 11.4. The minimum Gasteiger partial charge on any atom is -0.345 e. The van der Waals surface area contributed by atoms with Gasteiger partial charge in [0.1, 0.15) is 0 Å². The van der Waals surface area contributed by atoms with Gasteiger partial charge in [-0.2, -0.15) is 0 Å². The fourth-order valence-corrected chi connectivity index (χ4v) is 1.95. The summed E-state index contributed by atoms with van der Waals surface area (Å²) < 4.78 is 0. The topological polar surface area (TPSA) is 61.4 Å². The van der Waals surface area contributed by atoms with Gasteiger partial charge in [0.15, 0.2) is 0 Å². The van der Waals surface area contributed by atoms with E-state index in [1.165, 1.54) is 6.42 Å². The van der Waals surface area contributed by atoms with Gasteiger partial charge in [0.2, 0.25) is 11.8 Å². The summed E-state index contributed by atoms with van der Waals surface area (Å²) in [5.41, 5.74) is 0. The zero-order valence-electron chi connectivity index (χ0n) is 8.08. The Hall–Kier alpha value is -1.10. The van der Waals surface area contributed by atoms with E-state index in [1.54, 1.807) is 4.90 Å². The molecule has 0 aromatic heterocycles. The van der Waals surface area contributed by atoms with Crippen molar-refractivity contribution in [3.8, 4) is 0 Å². The Balaban J connectivity index is 1.88. The highest BCUT2D eigenvalue weighted by atomic mass is 16.2. The Bertz CT molecular complexity index is 248. The Morgan fingerprint density at radius 3 is 3.00 bits per heavy atom. The van der Waals surface area contributed by atoms with Crippen molar-refractivity contribution in [3.05, 3.63) is 0 Å². The Labute approximate surface area is 82.8 Å². The van der Waals surface area contributed by atoms with E-state index in [0.717, 1.165) is 13.0 Å². The van der Waals surface area contributed by atoms with E-state index < -0.39 is 0 Å². The number of nitrogens with zero attached hydrogens (tertiary/aromatic N) is 1. The summed E-state index contributed by atoms with van der Waals surface area (Å²) in [4.78, 5) is 24.1. The molecule has 5 heteroatoms. The molecule has 78 valence electrons. The van der Waals surface area contributed by atoms with E-state index in [2.05, 4.69) is 10.6 Å². The second-order valence-corrected chi connectivity index (χ2v) is 3.84. The van der Waals surface area contributed by atoms with Gasteiger partial charge in [0, 0.05) is 12.6 Å². The SMILES string of the molecule is O=C1CN(CC2CCCN2)C(=O)CN1. The van der Waals surface area contributed by atoms with E-state index >= 15 is 0 Å². The highest BCUT2D eigenvalue weighted by Crippen LogP contribution is 2.07. The minimum atomic E-state index is -0.0532. The number of rotatable bonds is 2. The molecule has 2 aliphatic rings. The van der Waals surface area contributed by atoms with Gasteiger partial charge >= 0.3 is 0 Å². The summed E-state index contributed by atoms with van der Waals surface area (Å²) in [5.74, 6) is -0.0269. The van der Waals surface area contributed by atoms with Crippen LogP contribution in [0.15, 0.2) is 0 Å². The van der Waals surface area contributed by atoms with E-state index in [1.807, 2.05) is 0 Å². The Morgan fingerprint density at radius 2 is 2.29 bits per heavy atom. The molecule has 0 aromatic rings. The van der Waals surface area contributed by atoms with E-state index in [4.69, 9.17) is 0 Å². The van der Waals surface area contributed by atoms with Gasteiger partial charge in [0.25, 0.3) is 0 Å². The molecule has 0 saturated carbocycles. The summed E-state index contributed by atoms with van der Waals surface area (Å²) in [6.45, 7) is 2.08. The van der Waals surface area contributed by atoms with Gasteiger partial charge in [-0.25, -0.2) is 0 Å². The van der Waals surface area contributed by atoms with Crippen LogP contribution < -0.4 is 10.6 Å². The van der Waals surface area contributed by atoms with E-state index in [0.29, 0.717) is 12.6 Å². The molecule has 5 nitrogen and oxygen atoms in total. The normalized spacial score (nSPS) is 28.0. The molecule has 0 bridgehead atoms. The van der Waals surface area contributed by atoms with Crippen LogP contribution >= 0.6 is 0 Å². The maximum Gasteiger partial charge on any atom is 0.242 e. The van der Waals surface area contributed by atoms with Crippen molar-refractivity contribution < 1.29 is 9.59 Å². The lowest BCUT2D eigenvalue weighted by Gasteiger charge is -2.28. The third-order valence-corrected chi connectivity index (χ3v) is 2.73. The molecule has 2 fully saturated rings. The van der Waals surface area contributed by atoms with Gasteiger partial charge < -0.3 is 15.5 Å². The molecule has 0 radical (unpaired) electrons. The monoisotopic (exact) mass is 197 g/mol. The van der Waals surface area contributed by atoms with Crippen LogP contribution in [0.1, 0.15) is 12.8 Å². The van der Waals surface area contributed by atoms with Crippen molar-refractivity contribution >= 4 is 11.8 Å². The molecular weight excluding hydrogens is 182 g/mol. The first-order valence-corrected chi connectivity index (χ1v) is 5.03. The van der Waals surface area contributed by atoms with Crippen LogP contribution in [0.2, 0.25) is 0 Å². The number of carbonyl (C=O) groups is 2. The summed E-state index contributed by atoms with van der Waals surface area (Å²) in [6, 6.07) is 0.379. The lowest BCUT2D eigenvalue weighted by molar-refractivity contribution is -0.140. The first-order valence-electron chi connectivity index (χ1n) is 5.03. The van der Waals surface area contributed by atoms with Crippen molar-refractivity contribution in [2.45, 2.75) is 18.9 Å². The van der Waals surface area contributed by atoms with Gasteiger partial charge in [-0.1, -0.05) is 0 Å². The van der Waals surface area contributed by atoms with Crippen molar-refractivity contribution in [2.75, 3.05) is 26.2 Å². The number of hydrogen-bond donors (Lipinski definition) is 2. The molecule has 1 unspecified atom stereocenters. The smallest absolute Gasteiger partial charge is 0.242 e. The molecule has 2 aliphatic heterocycles. The fraction of sp³-hybridized carbons (Fsp3) is 0.778. The molecule has 0 aromatic carbocycles. The minimum absolute atomic E-state index is 0.0262. The van der Waals surface area contributed by atoms with Gasteiger partial charge in [-0.05, 0) is 19.4 Å². The van der Waals surface area contributed by atoms with Crippen molar-refractivity contribution in [2.24, 2.45) is 0 Å². The summed E-state index contributed by atoms with van der Waals surface area (Å²) in [6.07, 6.45) is 2.27. The van der Waals surface area contributed by atoms with Crippen molar-refractivity contribution in [1.82, 2.24) is 15.5 Å². The van der Waals surface area contributed by atoms with Crippen LogP contribution in [-0.2, 0) is 9.59 Å². The predicted molar refractivity (Wildman–Crippen MR) is 50.6 cm³/mol. The zero-order chi connectivity index (χ0) is 9.97. The second-order valence-electron chi connectivity index (χ2n) is 3.84. The van der Waals surface area contributed by atoms with Crippen LogP contribution in [0.3, 0.4) is 0 Å². The number of carbonyl (C=O) groups excluding carboxylic acids is 2. The lowest BCUT2D eigenvalue weighted by atomic mass is 10.2. The average molecular weight is 197 g/mol. The quantitative estimate of drug-likeness (QED) is 0.578. The fourth-order valence-electron chi connectivity index (χ4n) is 1.95. The van der Waals surface area contributed by atoms with Gasteiger partial charge in [-0.15, -0.1) is 0 Å². The standard InChI is InChI=1S/C9H15N3O2/c13-8-6-12(9(14)4-11-8)5-7-2-1-3-10-7/h7,10H,1-6H2,(H,11,13). The van der Waals surface area contributed by atoms with Crippen LogP contribution in [0.5, 0.6) is 0 Å². The molecule has 0 aliphatic carbocycles. The molecule has 0 spiro atoms. The van der Waals surface area contributed by atoms with Crippen LogP contribution in [-0.4, -0.2) is 48.9 Å². The van der Waals surface area contributed by atoms with Gasteiger partial charge in [-0.3, -0.25) is 9.59 Å². The van der Waals surface area contributed by atoms with Gasteiger partial charge in [0.05, 0.1) is 13.1 Å². The Kier molecular flexibility index (Phi) is 2.67. The average Bonchev–Trinajstić information content (AvgIpc) is 2.64. The molecule has 2 amide bonds. The third kappa shape index (κ3) is 2.04. The molecular formula is C9H15N3O2. The number of amides is 2. The summed E-state index contributed by atoms with van der Waals surface area (Å²) in [5, 5.41) is 5.85. The number of piperazine rings is 1.